The smallest absolute Gasteiger partial charge is 0.225 e. The van der Waals surface area contributed by atoms with E-state index in [0.29, 0.717) is 18.1 Å². The number of benzene rings is 2. The first kappa shape index (κ1) is 17.7. The maximum absolute atomic E-state index is 12.7. The highest BCUT2D eigenvalue weighted by molar-refractivity contribution is 6.31. The molecule has 5 nitrogen and oxygen atoms in total. The standard InChI is InChI=1S/C21H21ClN4O/c22-17-8-2-1-6-15(17)12-24-21(27)16-7-5-11-26(14-16)20-13-23-18-9-3-4-10-19(18)25-20/h1-4,6,8-10,13,16H,5,7,11-12,14H2,(H,24,27). The van der Waals surface area contributed by atoms with Crippen LogP contribution in [-0.4, -0.2) is 29.0 Å². The number of carbonyl (C=O) groups is 1. The molecule has 2 heterocycles. The van der Waals surface area contributed by atoms with Gasteiger partial charge in [-0.3, -0.25) is 9.78 Å². The number of anilines is 1. The van der Waals surface area contributed by atoms with E-state index in [2.05, 4.69) is 15.2 Å². The lowest BCUT2D eigenvalue weighted by Gasteiger charge is -2.32. The molecule has 0 radical (unpaired) electrons. The van der Waals surface area contributed by atoms with Gasteiger partial charge in [0.25, 0.3) is 0 Å². The number of hydrogen-bond acceptors (Lipinski definition) is 4. The Morgan fingerprint density at radius 1 is 1.15 bits per heavy atom. The fourth-order valence-electron chi connectivity index (χ4n) is 3.47. The molecular weight excluding hydrogens is 360 g/mol. The minimum atomic E-state index is -0.0606. The van der Waals surface area contributed by atoms with Crippen molar-refractivity contribution in [2.45, 2.75) is 19.4 Å². The summed E-state index contributed by atoms with van der Waals surface area (Å²) in [7, 11) is 0. The first-order valence-corrected chi connectivity index (χ1v) is 9.56. The summed E-state index contributed by atoms with van der Waals surface area (Å²) in [5, 5.41) is 3.70. The fourth-order valence-corrected chi connectivity index (χ4v) is 3.67. The van der Waals surface area contributed by atoms with Gasteiger partial charge < -0.3 is 10.2 Å². The molecule has 1 N–H and O–H groups in total. The summed E-state index contributed by atoms with van der Waals surface area (Å²) in [6.07, 6.45) is 3.64. The topological polar surface area (TPSA) is 58.1 Å². The van der Waals surface area contributed by atoms with Crippen molar-refractivity contribution in [3.8, 4) is 0 Å². The van der Waals surface area contributed by atoms with Gasteiger partial charge in [0, 0.05) is 24.7 Å². The van der Waals surface area contributed by atoms with Crippen molar-refractivity contribution in [1.29, 1.82) is 0 Å². The second-order valence-corrected chi connectivity index (χ2v) is 7.22. The summed E-state index contributed by atoms with van der Waals surface area (Å²) < 4.78 is 0. The Kier molecular flexibility index (Phi) is 5.21. The van der Waals surface area contributed by atoms with Crippen molar-refractivity contribution >= 4 is 34.4 Å². The molecule has 1 saturated heterocycles. The Hall–Kier alpha value is -2.66. The first-order valence-electron chi connectivity index (χ1n) is 9.18. The Bertz CT molecular complexity index is 962. The van der Waals surface area contributed by atoms with E-state index in [-0.39, 0.29) is 11.8 Å². The second-order valence-electron chi connectivity index (χ2n) is 6.81. The number of aromatic nitrogens is 2. The SMILES string of the molecule is O=C(NCc1ccccc1Cl)C1CCCN(c2cnc3ccccc3n2)C1. The third-order valence-corrected chi connectivity index (χ3v) is 5.33. The quantitative estimate of drug-likeness (QED) is 0.747. The first-order chi connectivity index (χ1) is 13.2. The van der Waals surface area contributed by atoms with Gasteiger partial charge in [-0.25, -0.2) is 4.98 Å². The van der Waals surface area contributed by atoms with Gasteiger partial charge in [0.2, 0.25) is 5.91 Å². The number of fused-ring (bicyclic) bond motifs is 1. The lowest BCUT2D eigenvalue weighted by atomic mass is 9.97. The lowest BCUT2D eigenvalue weighted by molar-refractivity contribution is -0.125. The molecule has 0 aliphatic carbocycles. The van der Waals surface area contributed by atoms with Crippen LogP contribution in [0.25, 0.3) is 11.0 Å². The molecule has 0 spiro atoms. The number of nitrogens with one attached hydrogen (secondary N) is 1. The van der Waals surface area contributed by atoms with Crippen LogP contribution in [0.4, 0.5) is 5.82 Å². The molecule has 1 fully saturated rings. The van der Waals surface area contributed by atoms with Crippen LogP contribution in [0.3, 0.4) is 0 Å². The van der Waals surface area contributed by atoms with Crippen molar-refractivity contribution in [1.82, 2.24) is 15.3 Å². The maximum atomic E-state index is 12.7. The second kappa shape index (κ2) is 7.92. The number of halogens is 1. The number of nitrogens with zero attached hydrogens (tertiary/aromatic N) is 3. The Morgan fingerprint density at radius 2 is 1.93 bits per heavy atom. The summed E-state index contributed by atoms with van der Waals surface area (Å²) >= 11 is 6.17. The van der Waals surface area contributed by atoms with Gasteiger partial charge in [-0.1, -0.05) is 41.9 Å². The van der Waals surface area contributed by atoms with Crippen molar-refractivity contribution < 1.29 is 4.79 Å². The largest absolute Gasteiger partial charge is 0.355 e. The van der Waals surface area contributed by atoms with Crippen LogP contribution in [0.1, 0.15) is 18.4 Å². The highest BCUT2D eigenvalue weighted by Gasteiger charge is 2.26. The monoisotopic (exact) mass is 380 g/mol. The minimum absolute atomic E-state index is 0.0606. The Labute approximate surface area is 163 Å². The molecule has 1 atom stereocenters. The van der Waals surface area contributed by atoms with Crippen LogP contribution in [0.5, 0.6) is 0 Å². The predicted octanol–water partition coefficient (Wildman–Crippen LogP) is 3.82. The molecule has 0 bridgehead atoms. The van der Waals surface area contributed by atoms with Crippen molar-refractivity contribution in [2.24, 2.45) is 5.92 Å². The van der Waals surface area contributed by atoms with Crippen molar-refractivity contribution in [3.05, 3.63) is 65.3 Å². The van der Waals surface area contributed by atoms with Gasteiger partial charge in [0.1, 0.15) is 5.82 Å². The van der Waals surface area contributed by atoms with Crippen molar-refractivity contribution in [3.63, 3.8) is 0 Å². The average Bonchev–Trinajstić information content (AvgIpc) is 2.72. The summed E-state index contributed by atoms with van der Waals surface area (Å²) in [6.45, 7) is 1.99. The van der Waals surface area contributed by atoms with Crippen LogP contribution in [-0.2, 0) is 11.3 Å². The maximum Gasteiger partial charge on any atom is 0.225 e. The van der Waals surface area contributed by atoms with Gasteiger partial charge in [-0.15, -0.1) is 0 Å². The molecule has 0 saturated carbocycles. The number of hydrogen-bond donors (Lipinski definition) is 1. The molecule has 6 heteroatoms. The zero-order valence-electron chi connectivity index (χ0n) is 14.9. The molecule has 1 aromatic heterocycles. The van der Waals surface area contributed by atoms with Crippen molar-refractivity contribution in [2.75, 3.05) is 18.0 Å². The van der Waals surface area contributed by atoms with Gasteiger partial charge in [-0.05, 0) is 36.6 Å². The van der Waals surface area contributed by atoms with E-state index in [9.17, 15) is 4.79 Å². The van der Waals surface area contributed by atoms with Crippen LogP contribution < -0.4 is 10.2 Å². The van der Waals surface area contributed by atoms with Crippen LogP contribution in [0.2, 0.25) is 5.02 Å². The molecule has 1 aliphatic rings. The van der Waals surface area contributed by atoms with Crippen LogP contribution in [0.15, 0.2) is 54.7 Å². The number of carbonyl (C=O) groups excluding carboxylic acids is 1. The zero-order chi connectivity index (χ0) is 18.6. The number of piperidine rings is 1. The zero-order valence-corrected chi connectivity index (χ0v) is 15.7. The van der Waals surface area contributed by atoms with Crippen LogP contribution in [0, 0.1) is 5.92 Å². The summed E-state index contributed by atoms with van der Waals surface area (Å²) in [5.41, 5.74) is 2.69. The molecule has 138 valence electrons. The third kappa shape index (κ3) is 4.03. The molecule has 1 aliphatic heterocycles. The summed E-state index contributed by atoms with van der Waals surface area (Å²) in [4.78, 5) is 24.0. The lowest BCUT2D eigenvalue weighted by Crippen LogP contribution is -2.43. The molecule has 27 heavy (non-hydrogen) atoms. The van der Waals surface area contributed by atoms with E-state index in [0.717, 1.165) is 41.8 Å². The molecule has 3 aromatic rings. The van der Waals surface area contributed by atoms with Gasteiger partial charge in [0.05, 0.1) is 23.1 Å². The predicted molar refractivity (Wildman–Crippen MR) is 108 cm³/mol. The minimum Gasteiger partial charge on any atom is -0.355 e. The van der Waals surface area contributed by atoms with E-state index in [4.69, 9.17) is 16.6 Å². The van der Waals surface area contributed by atoms with E-state index < -0.39 is 0 Å². The van der Waals surface area contributed by atoms with E-state index in [1.807, 2.05) is 48.5 Å². The highest BCUT2D eigenvalue weighted by Crippen LogP contribution is 2.23. The Balaban J connectivity index is 1.42. The van der Waals surface area contributed by atoms with Gasteiger partial charge in [-0.2, -0.15) is 0 Å². The molecule has 1 unspecified atom stereocenters. The molecule has 4 rings (SSSR count). The van der Waals surface area contributed by atoms with E-state index >= 15 is 0 Å². The fraction of sp³-hybridized carbons (Fsp3) is 0.286. The third-order valence-electron chi connectivity index (χ3n) is 4.96. The Morgan fingerprint density at radius 3 is 2.78 bits per heavy atom. The van der Waals surface area contributed by atoms with E-state index in [1.165, 1.54) is 0 Å². The normalized spacial score (nSPS) is 17.1. The number of para-hydroxylation sites is 2. The number of amides is 1. The molecule has 1 amide bonds. The van der Waals surface area contributed by atoms with E-state index in [1.54, 1.807) is 6.20 Å². The van der Waals surface area contributed by atoms with Gasteiger partial charge >= 0.3 is 0 Å². The summed E-state index contributed by atoms with van der Waals surface area (Å²) in [6, 6.07) is 15.4. The summed E-state index contributed by atoms with van der Waals surface area (Å²) in [5.74, 6) is 0.833. The van der Waals surface area contributed by atoms with Gasteiger partial charge in [0.15, 0.2) is 0 Å². The van der Waals surface area contributed by atoms with Crippen LogP contribution >= 0.6 is 11.6 Å². The average molecular weight is 381 g/mol. The molecular formula is C21H21ClN4O. The number of rotatable bonds is 4. The highest BCUT2D eigenvalue weighted by atomic mass is 35.5. The molecule has 2 aromatic carbocycles.